The Labute approximate surface area is 190 Å². The number of piperidine rings is 1. The largest absolute Gasteiger partial charge is 0.376 e. The molecule has 1 spiro atoms. The highest BCUT2D eigenvalue weighted by Gasteiger charge is 2.47. The van der Waals surface area contributed by atoms with Crippen molar-refractivity contribution in [1.29, 1.82) is 0 Å². The molecule has 0 radical (unpaired) electrons. The van der Waals surface area contributed by atoms with Crippen molar-refractivity contribution in [2.24, 2.45) is 11.1 Å². The topological polar surface area (TPSA) is 68.7 Å². The second-order valence-corrected chi connectivity index (χ2v) is 9.39. The molecule has 0 bridgehead atoms. The van der Waals surface area contributed by atoms with Gasteiger partial charge < -0.3 is 15.4 Å². The lowest BCUT2D eigenvalue weighted by Gasteiger charge is -2.41. The first kappa shape index (κ1) is 20.9. The summed E-state index contributed by atoms with van der Waals surface area (Å²) in [6.07, 6.45) is 5.49. The number of halogens is 3. The van der Waals surface area contributed by atoms with Gasteiger partial charge in [0.1, 0.15) is 11.5 Å². The summed E-state index contributed by atoms with van der Waals surface area (Å²) < 4.78 is 22.5. The van der Waals surface area contributed by atoms with Gasteiger partial charge in [-0.3, -0.25) is 4.40 Å². The van der Waals surface area contributed by atoms with Crippen molar-refractivity contribution >= 4 is 34.8 Å². The van der Waals surface area contributed by atoms with Gasteiger partial charge in [0, 0.05) is 42.5 Å². The number of nitrogens with zero attached hydrogens (tertiary/aromatic N) is 4. The van der Waals surface area contributed by atoms with E-state index in [1.54, 1.807) is 6.20 Å². The second-order valence-electron chi connectivity index (χ2n) is 8.60. The summed E-state index contributed by atoms with van der Waals surface area (Å²) in [4.78, 5) is 11.6. The molecule has 9 heteroatoms. The zero-order valence-electron chi connectivity index (χ0n) is 17.4. The zero-order valence-corrected chi connectivity index (χ0v) is 18.9. The number of hydrogen-bond donors (Lipinski definition) is 1. The predicted octanol–water partition coefficient (Wildman–Crippen LogP) is 4.48. The van der Waals surface area contributed by atoms with Crippen LogP contribution in [-0.2, 0) is 4.74 Å². The molecule has 2 aliphatic heterocycles. The van der Waals surface area contributed by atoms with Gasteiger partial charge in [-0.1, -0.05) is 23.2 Å². The van der Waals surface area contributed by atoms with Crippen molar-refractivity contribution in [3.8, 4) is 11.1 Å². The number of benzene rings is 1. The number of aromatic nitrogens is 3. The summed E-state index contributed by atoms with van der Waals surface area (Å²) in [6, 6.07) is 2.81. The molecule has 2 aromatic heterocycles. The molecule has 1 aromatic carbocycles. The van der Waals surface area contributed by atoms with Crippen LogP contribution in [0.15, 0.2) is 24.5 Å². The number of ether oxygens (including phenoxy) is 1. The van der Waals surface area contributed by atoms with E-state index >= 15 is 0 Å². The van der Waals surface area contributed by atoms with Crippen molar-refractivity contribution in [2.75, 3.05) is 24.6 Å². The number of hydrogen-bond acceptors (Lipinski definition) is 5. The first-order valence-electron chi connectivity index (χ1n) is 10.4. The standard InChI is InChI=1S/C22H24Cl2FN5O/c1-12-16(17-15(25)4-3-14(23)18(17)24)20-27-7-10-30(20)21(28-12)29-8-5-22(6-9-29)11-31-13(2)19(22)26/h3-4,7,10,13,19H,5-6,8-9,11,26H2,1-2H3/t13-,19+/m0/s1. The van der Waals surface area contributed by atoms with E-state index in [0.29, 0.717) is 23.5 Å². The Hall–Kier alpha value is -1.93. The third-order valence-corrected chi connectivity index (χ3v) is 7.70. The van der Waals surface area contributed by atoms with E-state index in [1.807, 2.05) is 24.4 Å². The van der Waals surface area contributed by atoms with Crippen LogP contribution in [0.4, 0.5) is 10.3 Å². The van der Waals surface area contributed by atoms with E-state index in [9.17, 15) is 4.39 Å². The molecule has 0 aliphatic carbocycles. The van der Waals surface area contributed by atoms with Gasteiger partial charge in [0.15, 0.2) is 0 Å². The Morgan fingerprint density at radius 3 is 2.65 bits per heavy atom. The number of fused-ring (bicyclic) bond motifs is 1. The predicted molar refractivity (Wildman–Crippen MR) is 120 cm³/mol. The molecular formula is C22H24Cl2FN5O. The van der Waals surface area contributed by atoms with Crippen LogP contribution in [0.1, 0.15) is 25.5 Å². The molecule has 0 unspecified atom stereocenters. The van der Waals surface area contributed by atoms with Gasteiger partial charge in [-0.25, -0.2) is 14.4 Å². The van der Waals surface area contributed by atoms with Gasteiger partial charge in [-0.15, -0.1) is 0 Å². The fraction of sp³-hybridized carbons (Fsp3) is 0.455. The minimum atomic E-state index is -0.457. The average Bonchev–Trinajstić information content (AvgIpc) is 3.34. The molecule has 0 amide bonds. The smallest absolute Gasteiger partial charge is 0.211 e. The monoisotopic (exact) mass is 463 g/mol. The molecule has 0 saturated carbocycles. The van der Waals surface area contributed by atoms with Gasteiger partial charge in [0.25, 0.3) is 0 Å². The quantitative estimate of drug-likeness (QED) is 0.567. The Balaban J connectivity index is 1.55. The Morgan fingerprint density at radius 1 is 1.23 bits per heavy atom. The van der Waals surface area contributed by atoms with E-state index in [2.05, 4.69) is 9.88 Å². The molecule has 31 heavy (non-hydrogen) atoms. The van der Waals surface area contributed by atoms with Gasteiger partial charge in [-0.05, 0) is 38.8 Å². The Bertz CT molecular complexity index is 1160. The molecule has 6 nitrogen and oxygen atoms in total. The second kappa shape index (κ2) is 7.59. The first-order chi connectivity index (χ1) is 14.8. The van der Waals surface area contributed by atoms with Crippen molar-refractivity contribution in [1.82, 2.24) is 14.4 Å². The van der Waals surface area contributed by atoms with Gasteiger partial charge >= 0.3 is 0 Å². The summed E-state index contributed by atoms with van der Waals surface area (Å²) >= 11 is 12.6. The number of nitrogens with two attached hydrogens (primary N) is 1. The fourth-order valence-corrected chi connectivity index (χ4v) is 5.37. The highest BCUT2D eigenvalue weighted by atomic mass is 35.5. The van der Waals surface area contributed by atoms with Crippen LogP contribution in [0.3, 0.4) is 0 Å². The Morgan fingerprint density at radius 2 is 1.97 bits per heavy atom. The van der Waals surface area contributed by atoms with Crippen LogP contribution in [0.2, 0.25) is 10.0 Å². The SMILES string of the molecule is Cc1nc(N2CCC3(CC2)CO[C@@H](C)[C@H]3N)n2ccnc2c1-c1c(F)ccc(Cl)c1Cl. The van der Waals surface area contributed by atoms with Crippen molar-refractivity contribution in [3.63, 3.8) is 0 Å². The van der Waals surface area contributed by atoms with E-state index in [1.165, 1.54) is 12.1 Å². The van der Waals surface area contributed by atoms with Crippen molar-refractivity contribution in [2.45, 2.75) is 38.8 Å². The maximum atomic E-state index is 14.8. The number of aryl methyl sites for hydroxylation is 1. The van der Waals surface area contributed by atoms with Crippen LogP contribution >= 0.6 is 23.2 Å². The fourth-order valence-electron chi connectivity index (χ4n) is 4.97. The Kier molecular flexibility index (Phi) is 5.13. The van der Waals surface area contributed by atoms with E-state index in [-0.39, 0.29) is 33.2 Å². The molecular weight excluding hydrogens is 440 g/mol. The third kappa shape index (κ3) is 3.21. The minimum Gasteiger partial charge on any atom is -0.376 e. The number of imidazole rings is 1. The summed E-state index contributed by atoms with van der Waals surface area (Å²) in [6.45, 7) is 6.23. The highest BCUT2D eigenvalue weighted by molar-refractivity contribution is 6.43. The molecule has 2 atom stereocenters. The minimum absolute atomic E-state index is 0.0242. The van der Waals surface area contributed by atoms with Gasteiger partial charge in [0.05, 0.1) is 34.0 Å². The molecule has 4 heterocycles. The normalized spacial score (nSPS) is 23.2. The molecule has 2 saturated heterocycles. The molecule has 2 aliphatic rings. The molecule has 164 valence electrons. The summed E-state index contributed by atoms with van der Waals surface area (Å²) in [5, 5.41) is 0.449. The summed E-state index contributed by atoms with van der Waals surface area (Å²) in [5.74, 6) is 0.323. The lowest BCUT2D eigenvalue weighted by atomic mass is 9.73. The van der Waals surface area contributed by atoms with Crippen LogP contribution in [-0.4, -0.2) is 46.2 Å². The molecule has 5 rings (SSSR count). The summed E-state index contributed by atoms with van der Waals surface area (Å²) in [5.41, 5.74) is 8.50. The van der Waals surface area contributed by atoms with Crippen LogP contribution < -0.4 is 10.6 Å². The maximum Gasteiger partial charge on any atom is 0.211 e. The maximum absolute atomic E-state index is 14.8. The van der Waals surface area contributed by atoms with E-state index < -0.39 is 5.82 Å². The summed E-state index contributed by atoms with van der Waals surface area (Å²) in [7, 11) is 0. The molecule has 2 fully saturated rings. The molecule has 2 N–H and O–H groups in total. The number of rotatable bonds is 2. The highest BCUT2D eigenvalue weighted by Crippen LogP contribution is 2.43. The first-order valence-corrected chi connectivity index (χ1v) is 11.2. The van der Waals surface area contributed by atoms with Crippen molar-refractivity contribution in [3.05, 3.63) is 46.1 Å². The average molecular weight is 464 g/mol. The van der Waals surface area contributed by atoms with Crippen LogP contribution in [0.25, 0.3) is 16.8 Å². The van der Waals surface area contributed by atoms with Crippen LogP contribution in [0, 0.1) is 18.2 Å². The molecule has 3 aromatic rings. The van der Waals surface area contributed by atoms with Gasteiger partial charge in [0.2, 0.25) is 5.95 Å². The van der Waals surface area contributed by atoms with Gasteiger partial charge in [-0.2, -0.15) is 0 Å². The third-order valence-electron chi connectivity index (χ3n) is 6.89. The van der Waals surface area contributed by atoms with Crippen molar-refractivity contribution < 1.29 is 9.13 Å². The van der Waals surface area contributed by atoms with Crippen LogP contribution in [0.5, 0.6) is 0 Å². The van der Waals surface area contributed by atoms with E-state index in [4.69, 9.17) is 38.7 Å². The lowest BCUT2D eigenvalue weighted by molar-refractivity contribution is 0.0973. The van der Waals surface area contributed by atoms with E-state index in [0.717, 1.165) is 31.9 Å². The zero-order chi connectivity index (χ0) is 21.9. The number of anilines is 1. The lowest BCUT2D eigenvalue weighted by Crippen LogP contribution is -2.51.